The summed E-state index contributed by atoms with van der Waals surface area (Å²) in [6.45, 7) is 0. The molecular weight excluding hydrogens is 249 g/mol. The van der Waals surface area contributed by atoms with Crippen molar-refractivity contribution in [2.75, 3.05) is 5.32 Å². The first-order valence-corrected chi connectivity index (χ1v) is 6.12. The quantitative estimate of drug-likeness (QED) is 0.817. The van der Waals surface area contributed by atoms with Crippen LogP contribution < -0.4 is 5.32 Å². The second-order valence-electron chi connectivity index (χ2n) is 4.27. The molecule has 0 heterocycles. The van der Waals surface area contributed by atoms with Gasteiger partial charge in [-0.2, -0.15) is 0 Å². The maximum atomic E-state index is 12.8. The first-order chi connectivity index (χ1) is 8.72. The Bertz CT molecular complexity index is 617. The van der Waals surface area contributed by atoms with Crippen LogP contribution in [0.1, 0.15) is 11.1 Å². The van der Waals surface area contributed by atoms with E-state index in [-0.39, 0.29) is 5.82 Å². The fourth-order valence-corrected chi connectivity index (χ4v) is 2.29. The van der Waals surface area contributed by atoms with E-state index in [2.05, 4.69) is 17.5 Å². The normalized spacial score (nSPS) is 12.6. The van der Waals surface area contributed by atoms with Crippen LogP contribution in [0.15, 0.2) is 42.5 Å². The number of benzene rings is 2. The van der Waals surface area contributed by atoms with Crippen LogP contribution >= 0.6 is 11.6 Å². The summed E-state index contributed by atoms with van der Waals surface area (Å²) in [7, 11) is 0. The van der Waals surface area contributed by atoms with E-state index in [4.69, 9.17) is 11.6 Å². The van der Waals surface area contributed by atoms with E-state index in [1.807, 2.05) is 12.1 Å². The Morgan fingerprint density at radius 3 is 2.67 bits per heavy atom. The lowest BCUT2D eigenvalue weighted by atomic mass is 10.1. The molecule has 2 aromatic carbocycles. The van der Waals surface area contributed by atoms with Gasteiger partial charge >= 0.3 is 0 Å². The number of hydrogen-bond acceptors (Lipinski definition) is 1. The average molecular weight is 260 g/mol. The van der Waals surface area contributed by atoms with Crippen molar-refractivity contribution >= 4 is 29.1 Å². The van der Waals surface area contributed by atoms with Gasteiger partial charge in [-0.15, -0.1) is 0 Å². The van der Waals surface area contributed by atoms with Gasteiger partial charge in [-0.1, -0.05) is 23.8 Å². The predicted octanol–water partition coefficient (Wildman–Crippen LogP) is 4.79. The van der Waals surface area contributed by atoms with Crippen LogP contribution in [0.3, 0.4) is 0 Å². The van der Waals surface area contributed by atoms with Crippen LogP contribution in [-0.2, 0) is 6.42 Å². The maximum Gasteiger partial charge on any atom is 0.123 e. The molecule has 3 heteroatoms. The summed E-state index contributed by atoms with van der Waals surface area (Å²) in [5, 5.41) is 3.88. The zero-order valence-corrected chi connectivity index (χ0v) is 10.3. The molecule has 0 bridgehead atoms. The summed E-state index contributed by atoms with van der Waals surface area (Å²) >= 11 is 6.22. The molecule has 1 aliphatic carbocycles. The Labute approximate surface area is 110 Å². The van der Waals surface area contributed by atoms with E-state index >= 15 is 0 Å². The molecule has 1 N–H and O–H groups in total. The van der Waals surface area contributed by atoms with E-state index in [0.29, 0.717) is 5.02 Å². The Morgan fingerprint density at radius 1 is 1.11 bits per heavy atom. The number of allylic oxidation sites excluding steroid dienone is 1. The molecule has 2 aromatic rings. The molecule has 0 amide bonds. The minimum atomic E-state index is -0.247. The van der Waals surface area contributed by atoms with Crippen molar-refractivity contribution in [1.82, 2.24) is 0 Å². The third kappa shape index (κ3) is 2.12. The fraction of sp³-hybridized carbons (Fsp3) is 0.0667. The Hall–Kier alpha value is -1.80. The number of hydrogen-bond donors (Lipinski definition) is 1. The molecule has 90 valence electrons. The van der Waals surface area contributed by atoms with E-state index < -0.39 is 0 Å². The molecule has 0 radical (unpaired) electrons. The first kappa shape index (κ1) is 11.3. The van der Waals surface area contributed by atoms with Crippen LogP contribution in [0.25, 0.3) is 6.08 Å². The standard InChI is InChI=1S/C15H11ClFN/c16-14-8-10-2-1-3-11(10)9-15(14)18-13-6-4-12(17)5-7-13/h1,3-9,18H,2H2. The molecule has 0 spiro atoms. The van der Waals surface area contributed by atoms with Crippen molar-refractivity contribution in [2.24, 2.45) is 0 Å². The van der Waals surface area contributed by atoms with Gasteiger partial charge in [0, 0.05) is 5.69 Å². The molecule has 1 aliphatic rings. The van der Waals surface area contributed by atoms with Crippen molar-refractivity contribution in [3.63, 3.8) is 0 Å². The van der Waals surface area contributed by atoms with Gasteiger partial charge in [0.25, 0.3) is 0 Å². The summed E-state index contributed by atoms with van der Waals surface area (Å²) < 4.78 is 12.8. The molecule has 0 fully saturated rings. The molecule has 0 aromatic heterocycles. The van der Waals surface area contributed by atoms with E-state index in [0.717, 1.165) is 17.8 Å². The van der Waals surface area contributed by atoms with Crippen LogP contribution in [0.4, 0.5) is 15.8 Å². The Kier molecular flexibility index (Phi) is 2.80. The van der Waals surface area contributed by atoms with Crippen LogP contribution in [0.5, 0.6) is 0 Å². The van der Waals surface area contributed by atoms with E-state index in [1.165, 1.54) is 23.3 Å². The number of anilines is 2. The number of rotatable bonds is 2. The summed E-state index contributed by atoms with van der Waals surface area (Å²) in [5.41, 5.74) is 4.09. The molecular formula is C15H11ClFN. The zero-order valence-electron chi connectivity index (χ0n) is 9.58. The van der Waals surface area contributed by atoms with Gasteiger partial charge in [0.2, 0.25) is 0 Å². The van der Waals surface area contributed by atoms with E-state index in [1.54, 1.807) is 12.1 Å². The van der Waals surface area contributed by atoms with Crippen molar-refractivity contribution in [3.8, 4) is 0 Å². The van der Waals surface area contributed by atoms with Gasteiger partial charge in [0.05, 0.1) is 10.7 Å². The Balaban J connectivity index is 1.93. The van der Waals surface area contributed by atoms with Crippen molar-refractivity contribution < 1.29 is 4.39 Å². The smallest absolute Gasteiger partial charge is 0.123 e. The lowest BCUT2D eigenvalue weighted by molar-refractivity contribution is 0.628. The molecule has 0 saturated heterocycles. The highest BCUT2D eigenvalue weighted by Crippen LogP contribution is 2.32. The summed E-state index contributed by atoms with van der Waals surface area (Å²) in [6, 6.07) is 10.2. The first-order valence-electron chi connectivity index (χ1n) is 5.74. The van der Waals surface area contributed by atoms with Crippen molar-refractivity contribution in [2.45, 2.75) is 6.42 Å². The van der Waals surface area contributed by atoms with Crippen molar-refractivity contribution in [1.29, 1.82) is 0 Å². The largest absolute Gasteiger partial charge is 0.354 e. The molecule has 0 atom stereocenters. The summed E-state index contributed by atoms with van der Waals surface area (Å²) in [4.78, 5) is 0. The molecule has 0 aliphatic heterocycles. The van der Waals surface area contributed by atoms with Gasteiger partial charge in [-0.3, -0.25) is 0 Å². The number of halogens is 2. The third-order valence-electron chi connectivity index (χ3n) is 2.99. The molecule has 1 nitrogen and oxygen atoms in total. The monoisotopic (exact) mass is 259 g/mol. The van der Waals surface area contributed by atoms with E-state index in [9.17, 15) is 4.39 Å². The number of fused-ring (bicyclic) bond motifs is 1. The predicted molar refractivity (Wildman–Crippen MR) is 73.9 cm³/mol. The second-order valence-corrected chi connectivity index (χ2v) is 4.68. The highest BCUT2D eigenvalue weighted by molar-refractivity contribution is 6.33. The van der Waals surface area contributed by atoms with Crippen molar-refractivity contribution in [3.05, 3.63) is 64.4 Å². The average Bonchev–Trinajstić information content (AvgIpc) is 2.79. The second kappa shape index (κ2) is 4.46. The Morgan fingerprint density at radius 2 is 1.89 bits per heavy atom. The summed E-state index contributed by atoms with van der Waals surface area (Å²) in [6.07, 6.45) is 5.13. The zero-order chi connectivity index (χ0) is 12.5. The topological polar surface area (TPSA) is 12.0 Å². The maximum absolute atomic E-state index is 12.8. The highest BCUT2D eigenvalue weighted by Gasteiger charge is 2.10. The molecule has 3 rings (SSSR count). The van der Waals surface area contributed by atoms with Gasteiger partial charge in [0.1, 0.15) is 5.82 Å². The highest BCUT2D eigenvalue weighted by atomic mass is 35.5. The molecule has 0 saturated carbocycles. The number of nitrogens with one attached hydrogen (secondary N) is 1. The minimum absolute atomic E-state index is 0.247. The fourth-order valence-electron chi connectivity index (χ4n) is 2.06. The van der Waals surface area contributed by atoms with Gasteiger partial charge in [-0.05, 0) is 53.9 Å². The van der Waals surface area contributed by atoms with Gasteiger partial charge < -0.3 is 5.32 Å². The summed E-state index contributed by atoms with van der Waals surface area (Å²) in [5.74, 6) is -0.247. The molecule has 18 heavy (non-hydrogen) atoms. The van der Waals surface area contributed by atoms with Gasteiger partial charge in [-0.25, -0.2) is 4.39 Å². The lowest BCUT2D eigenvalue weighted by Gasteiger charge is -2.10. The minimum Gasteiger partial charge on any atom is -0.354 e. The van der Waals surface area contributed by atoms with Crippen LogP contribution in [0, 0.1) is 5.82 Å². The van der Waals surface area contributed by atoms with Gasteiger partial charge in [0.15, 0.2) is 0 Å². The third-order valence-corrected chi connectivity index (χ3v) is 3.30. The lowest BCUT2D eigenvalue weighted by Crippen LogP contribution is -1.93. The van der Waals surface area contributed by atoms with Crippen LogP contribution in [0.2, 0.25) is 5.02 Å². The SMILES string of the molecule is Fc1ccc(Nc2cc3c(cc2Cl)CC=C3)cc1. The molecule has 0 unspecified atom stereocenters. The van der Waals surface area contributed by atoms with Crippen LogP contribution in [-0.4, -0.2) is 0 Å².